The van der Waals surface area contributed by atoms with Crippen LogP contribution in [0.1, 0.15) is 67.5 Å². The minimum Gasteiger partial charge on any atom is -0.489 e. The van der Waals surface area contributed by atoms with Gasteiger partial charge in [-0.15, -0.1) is 0 Å². The zero-order valence-corrected chi connectivity index (χ0v) is 25.3. The first-order chi connectivity index (χ1) is 20.1. The lowest BCUT2D eigenvalue weighted by atomic mass is 9.94. The maximum absolute atomic E-state index is 12.1. The summed E-state index contributed by atoms with van der Waals surface area (Å²) in [5, 5.41) is 18.3. The van der Waals surface area contributed by atoms with Gasteiger partial charge in [0.05, 0.1) is 0 Å². The Bertz CT molecular complexity index is 1450. The Hall–Kier alpha value is -4.00. The number of amides is 1. The molecule has 0 aliphatic carbocycles. The number of ether oxygens (including phenoxy) is 2. The first kappa shape index (κ1) is 30.9. The number of rotatable bonds is 11. The molecule has 0 aromatic heterocycles. The standard InChI is InChI=1S/C35H39ClN2O4/c1-24(21-38-34(40)42-35(2,3)4)27-11-8-12-28(19-27)33(39)31-20-29(36)15-18-32(31)37-22-25-13-16-30(17-14-25)41-23-26-9-6-5-7-10-26/h5-20,24,33,37,39H,21-23H2,1-4H3,(H,38,40). The molecular weight excluding hydrogens is 548 g/mol. The Labute approximate surface area is 253 Å². The van der Waals surface area contributed by atoms with Gasteiger partial charge in [0.15, 0.2) is 0 Å². The Morgan fingerprint density at radius 3 is 2.31 bits per heavy atom. The third-order valence-electron chi connectivity index (χ3n) is 6.71. The second-order valence-corrected chi connectivity index (χ2v) is 11.8. The molecule has 4 rings (SSSR count). The maximum atomic E-state index is 12.1. The van der Waals surface area contributed by atoms with Crippen LogP contribution in [0, 0.1) is 0 Å². The molecule has 0 aliphatic rings. The molecule has 0 aliphatic heterocycles. The van der Waals surface area contributed by atoms with Gasteiger partial charge in [0.2, 0.25) is 0 Å². The number of aliphatic hydroxyl groups excluding tert-OH is 1. The number of halogens is 1. The maximum Gasteiger partial charge on any atom is 0.407 e. The van der Waals surface area contributed by atoms with Crippen molar-refractivity contribution in [3.05, 3.63) is 130 Å². The van der Waals surface area contributed by atoms with Crippen LogP contribution >= 0.6 is 11.6 Å². The van der Waals surface area contributed by atoms with E-state index in [2.05, 4.69) is 10.6 Å². The zero-order chi connectivity index (χ0) is 30.1. The van der Waals surface area contributed by atoms with Crippen LogP contribution in [0.25, 0.3) is 0 Å². The fourth-order valence-electron chi connectivity index (χ4n) is 4.45. The van der Waals surface area contributed by atoms with Crippen LogP contribution < -0.4 is 15.4 Å². The Morgan fingerprint density at radius 1 is 0.881 bits per heavy atom. The third-order valence-corrected chi connectivity index (χ3v) is 6.94. The molecule has 0 radical (unpaired) electrons. The summed E-state index contributed by atoms with van der Waals surface area (Å²) in [4.78, 5) is 12.1. The monoisotopic (exact) mass is 586 g/mol. The first-order valence-electron chi connectivity index (χ1n) is 14.1. The molecule has 4 aromatic rings. The summed E-state index contributed by atoms with van der Waals surface area (Å²) in [5.74, 6) is 0.821. The van der Waals surface area contributed by atoms with Crippen molar-refractivity contribution in [2.75, 3.05) is 11.9 Å². The average molecular weight is 587 g/mol. The van der Waals surface area contributed by atoms with Crippen LogP contribution in [0.3, 0.4) is 0 Å². The van der Waals surface area contributed by atoms with E-state index in [0.717, 1.165) is 33.7 Å². The largest absolute Gasteiger partial charge is 0.489 e. The summed E-state index contributed by atoms with van der Waals surface area (Å²) in [7, 11) is 0. The van der Waals surface area contributed by atoms with Crippen molar-refractivity contribution in [3.63, 3.8) is 0 Å². The molecule has 220 valence electrons. The lowest BCUT2D eigenvalue weighted by Crippen LogP contribution is -2.34. The predicted octanol–water partition coefficient (Wildman–Crippen LogP) is 8.24. The molecular formula is C35H39ClN2O4. The minimum atomic E-state index is -0.897. The van der Waals surface area contributed by atoms with Crippen molar-refractivity contribution in [1.82, 2.24) is 5.32 Å². The van der Waals surface area contributed by atoms with Crippen LogP contribution in [0.15, 0.2) is 97.1 Å². The molecule has 42 heavy (non-hydrogen) atoms. The molecule has 0 bridgehead atoms. The molecule has 0 fully saturated rings. The number of anilines is 1. The van der Waals surface area contributed by atoms with Crippen LogP contribution in [0.5, 0.6) is 5.75 Å². The number of aliphatic hydroxyl groups is 1. The van der Waals surface area contributed by atoms with E-state index in [0.29, 0.717) is 30.3 Å². The third kappa shape index (κ3) is 9.26. The van der Waals surface area contributed by atoms with E-state index in [4.69, 9.17) is 21.1 Å². The van der Waals surface area contributed by atoms with Gasteiger partial charge in [-0.05, 0) is 79.3 Å². The van der Waals surface area contributed by atoms with E-state index < -0.39 is 17.8 Å². The zero-order valence-electron chi connectivity index (χ0n) is 24.6. The van der Waals surface area contributed by atoms with Gasteiger partial charge < -0.3 is 25.2 Å². The molecule has 0 saturated carbocycles. The van der Waals surface area contributed by atoms with E-state index in [1.807, 2.05) is 119 Å². The van der Waals surface area contributed by atoms with Gasteiger partial charge in [-0.2, -0.15) is 0 Å². The molecule has 2 unspecified atom stereocenters. The number of alkyl carbamates (subject to hydrolysis) is 1. The Kier molecular flexibility index (Phi) is 10.5. The van der Waals surface area contributed by atoms with Gasteiger partial charge in [-0.25, -0.2) is 4.79 Å². The number of hydrogen-bond acceptors (Lipinski definition) is 5. The van der Waals surface area contributed by atoms with Gasteiger partial charge >= 0.3 is 6.09 Å². The van der Waals surface area contributed by atoms with Gasteiger partial charge in [0.25, 0.3) is 0 Å². The van der Waals surface area contributed by atoms with Crippen molar-refractivity contribution in [3.8, 4) is 5.75 Å². The smallest absolute Gasteiger partial charge is 0.407 e. The highest BCUT2D eigenvalue weighted by molar-refractivity contribution is 6.30. The molecule has 6 nitrogen and oxygen atoms in total. The topological polar surface area (TPSA) is 79.8 Å². The molecule has 1 amide bonds. The lowest BCUT2D eigenvalue weighted by molar-refractivity contribution is 0.0525. The highest BCUT2D eigenvalue weighted by Crippen LogP contribution is 2.32. The number of carbonyl (C=O) groups is 1. The van der Waals surface area contributed by atoms with E-state index in [-0.39, 0.29) is 5.92 Å². The first-order valence-corrected chi connectivity index (χ1v) is 14.5. The van der Waals surface area contributed by atoms with Gasteiger partial charge in [0, 0.05) is 29.4 Å². The van der Waals surface area contributed by atoms with Gasteiger partial charge in [0.1, 0.15) is 24.1 Å². The summed E-state index contributed by atoms with van der Waals surface area (Å²) in [6.07, 6.45) is -1.35. The number of hydrogen-bond donors (Lipinski definition) is 3. The molecule has 0 saturated heterocycles. The summed E-state index contributed by atoms with van der Waals surface area (Å²) < 4.78 is 11.2. The fraction of sp³-hybridized carbons (Fsp3) is 0.286. The molecule has 2 atom stereocenters. The normalized spacial score (nSPS) is 12.7. The van der Waals surface area contributed by atoms with Crippen molar-refractivity contribution in [2.45, 2.75) is 58.5 Å². The van der Waals surface area contributed by atoms with Crippen LogP contribution in [0.2, 0.25) is 5.02 Å². The molecule has 4 aromatic carbocycles. The van der Waals surface area contributed by atoms with Crippen molar-refractivity contribution in [1.29, 1.82) is 0 Å². The van der Waals surface area contributed by atoms with E-state index >= 15 is 0 Å². The highest BCUT2D eigenvalue weighted by Gasteiger charge is 2.19. The van der Waals surface area contributed by atoms with E-state index in [1.54, 1.807) is 6.07 Å². The Balaban J connectivity index is 1.39. The quantitative estimate of drug-likeness (QED) is 0.165. The van der Waals surface area contributed by atoms with E-state index in [9.17, 15) is 9.90 Å². The van der Waals surface area contributed by atoms with Crippen LogP contribution in [-0.4, -0.2) is 23.3 Å². The molecule has 0 heterocycles. The number of carbonyl (C=O) groups excluding carboxylic acids is 1. The minimum absolute atomic E-state index is 0.0151. The van der Waals surface area contributed by atoms with E-state index in [1.165, 1.54) is 0 Å². The second-order valence-electron chi connectivity index (χ2n) is 11.4. The number of nitrogens with one attached hydrogen (secondary N) is 2. The molecule has 3 N–H and O–H groups in total. The van der Waals surface area contributed by atoms with Crippen LogP contribution in [0.4, 0.5) is 10.5 Å². The average Bonchev–Trinajstić information content (AvgIpc) is 2.98. The predicted molar refractivity (Wildman–Crippen MR) is 169 cm³/mol. The summed E-state index contributed by atoms with van der Waals surface area (Å²) in [6, 6.07) is 31.3. The van der Waals surface area contributed by atoms with Gasteiger partial charge in [-0.1, -0.05) is 85.3 Å². The molecule has 0 spiro atoms. The Morgan fingerprint density at radius 2 is 1.60 bits per heavy atom. The van der Waals surface area contributed by atoms with Gasteiger partial charge in [-0.3, -0.25) is 0 Å². The van der Waals surface area contributed by atoms with Crippen LogP contribution in [-0.2, 0) is 17.9 Å². The van der Waals surface area contributed by atoms with Crippen molar-refractivity contribution >= 4 is 23.4 Å². The number of benzene rings is 4. The van der Waals surface area contributed by atoms with Crippen molar-refractivity contribution < 1.29 is 19.4 Å². The SMILES string of the molecule is CC(CNC(=O)OC(C)(C)C)c1cccc(C(O)c2cc(Cl)ccc2NCc2ccc(OCc3ccccc3)cc2)c1. The molecule has 7 heteroatoms. The summed E-state index contributed by atoms with van der Waals surface area (Å²) in [6.45, 7) is 9.01. The highest BCUT2D eigenvalue weighted by atomic mass is 35.5. The second kappa shape index (κ2) is 14.3. The summed E-state index contributed by atoms with van der Waals surface area (Å²) in [5.41, 5.74) is 4.85. The van der Waals surface area contributed by atoms with Crippen molar-refractivity contribution in [2.24, 2.45) is 0 Å². The lowest BCUT2D eigenvalue weighted by Gasteiger charge is -2.22. The summed E-state index contributed by atoms with van der Waals surface area (Å²) >= 11 is 6.35. The fourth-order valence-corrected chi connectivity index (χ4v) is 4.63.